The number of nitrogens with two attached hydrogens (primary N) is 1. The minimum absolute atomic E-state index is 0.184. The molecule has 0 saturated heterocycles. The molecule has 0 aliphatic heterocycles. The molecular formula is C12H12BrClN2O2S2. The number of hydrogen-bond donors (Lipinski definition) is 2. The van der Waals surface area contributed by atoms with Crippen LogP contribution >= 0.6 is 38.9 Å². The van der Waals surface area contributed by atoms with E-state index in [0.717, 1.165) is 5.56 Å². The van der Waals surface area contributed by atoms with Gasteiger partial charge in [0.05, 0.1) is 5.69 Å². The van der Waals surface area contributed by atoms with E-state index in [2.05, 4.69) is 20.7 Å². The molecule has 1 aromatic heterocycles. The second-order valence-corrected chi connectivity index (χ2v) is 8.01. The molecule has 2 aromatic rings. The van der Waals surface area contributed by atoms with Gasteiger partial charge in [-0.1, -0.05) is 11.6 Å². The summed E-state index contributed by atoms with van der Waals surface area (Å²) in [4.78, 5) is 0.820. The van der Waals surface area contributed by atoms with Gasteiger partial charge in [0, 0.05) is 20.9 Å². The monoisotopic (exact) mass is 394 g/mol. The van der Waals surface area contributed by atoms with Gasteiger partial charge in [0.1, 0.15) is 4.90 Å². The highest BCUT2D eigenvalue weighted by atomic mass is 79.9. The van der Waals surface area contributed by atoms with Crippen LogP contribution in [0.4, 0.5) is 5.69 Å². The Morgan fingerprint density at radius 2 is 2.15 bits per heavy atom. The number of thiophene rings is 1. The maximum Gasteiger partial charge on any atom is 0.263 e. The molecule has 3 N–H and O–H groups in total. The summed E-state index contributed by atoms with van der Waals surface area (Å²) in [6, 6.07) is 4.88. The molecule has 0 bridgehead atoms. The zero-order valence-electron chi connectivity index (χ0n) is 10.5. The fraction of sp³-hybridized carbons (Fsp3) is 0.167. The lowest BCUT2D eigenvalue weighted by molar-refractivity contribution is 0.600. The Balaban J connectivity index is 2.41. The van der Waals surface area contributed by atoms with Crippen LogP contribution in [0, 0.1) is 6.92 Å². The maximum absolute atomic E-state index is 12.4. The second kappa shape index (κ2) is 6.03. The number of halogens is 2. The Morgan fingerprint density at radius 3 is 2.80 bits per heavy atom. The van der Waals surface area contributed by atoms with Crippen molar-refractivity contribution in [3.63, 3.8) is 0 Å². The quantitative estimate of drug-likeness (QED) is 0.828. The Kier molecular flexibility index (Phi) is 4.76. The van der Waals surface area contributed by atoms with Crippen molar-refractivity contribution < 1.29 is 8.42 Å². The normalized spacial score (nSPS) is 11.6. The Hall–Kier alpha value is -0.600. The zero-order chi connectivity index (χ0) is 14.9. The molecular weight excluding hydrogens is 384 g/mol. The third kappa shape index (κ3) is 3.17. The van der Waals surface area contributed by atoms with Crippen molar-refractivity contribution in [3.05, 3.63) is 43.5 Å². The van der Waals surface area contributed by atoms with E-state index in [9.17, 15) is 8.42 Å². The highest BCUT2D eigenvalue weighted by Crippen LogP contribution is 2.32. The number of nitrogens with one attached hydrogen (secondary N) is 1. The summed E-state index contributed by atoms with van der Waals surface area (Å²) < 4.78 is 27.9. The third-order valence-corrected chi connectivity index (χ3v) is 6.26. The van der Waals surface area contributed by atoms with Crippen LogP contribution in [0.15, 0.2) is 32.9 Å². The van der Waals surface area contributed by atoms with E-state index in [0.29, 0.717) is 20.1 Å². The predicted molar refractivity (Wildman–Crippen MR) is 86.9 cm³/mol. The lowest BCUT2D eigenvalue weighted by Gasteiger charge is -2.11. The van der Waals surface area contributed by atoms with Crippen molar-refractivity contribution in [2.24, 2.45) is 5.73 Å². The molecule has 2 rings (SSSR count). The van der Waals surface area contributed by atoms with Crippen molar-refractivity contribution in [1.82, 2.24) is 0 Å². The predicted octanol–water partition coefficient (Wildman–Crippen LogP) is 3.73. The molecule has 0 saturated carbocycles. The fourth-order valence-corrected chi connectivity index (χ4v) is 4.90. The summed E-state index contributed by atoms with van der Waals surface area (Å²) in [5.41, 5.74) is 6.81. The van der Waals surface area contributed by atoms with Gasteiger partial charge < -0.3 is 5.73 Å². The van der Waals surface area contributed by atoms with Crippen LogP contribution in [0.2, 0.25) is 5.02 Å². The van der Waals surface area contributed by atoms with Gasteiger partial charge in [-0.05, 0) is 52.0 Å². The van der Waals surface area contributed by atoms with Crippen LogP contribution in [-0.4, -0.2) is 8.42 Å². The topological polar surface area (TPSA) is 72.2 Å². The molecule has 0 spiro atoms. The van der Waals surface area contributed by atoms with Crippen molar-refractivity contribution >= 4 is 54.6 Å². The minimum Gasteiger partial charge on any atom is -0.326 e. The molecule has 108 valence electrons. The largest absolute Gasteiger partial charge is 0.326 e. The molecule has 0 aliphatic carbocycles. The van der Waals surface area contributed by atoms with Gasteiger partial charge in [-0.15, -0.1) is 11.3 Å². The lowest BCUT2D eigenvalue weighted by atomic mass is 10.2. The summed E-state index contributed by atoms with van der Waals surface area (Å²) in [6.45, 7) is 2.03. The van der Waals surface area contributed by atoms with Gasteiger partial charge >= 0.3 is 0 Å². The van der Waals surface area contributed by atoms with Crippen LogP contribution in [0.5, 0.6) is 0 Å². The SMILES string of the molecule is Cc1cc(Br)c(NS(=O)(=O)c2ccsc2CN)cc1Cl. The molecule has 1 heterocycles. The standard InChI is InChI=1S/C12H12BrClN2O2S2/c1-7-4-8(13)10(5-9(7)14)16-20(17,18)12-2-3-19-11(12)6-15/h2-5,16H,6,15H2,1H3. The molecule has 0 atom stereocenters. The van der Waals surface area contributed by atoms with Gasteiger partial charge in [0.2, 0.25) is 0 Å². The van der Waals surface area contributed by atoms with Gasteiger partial charge in [-0.25, -0.2) is 8.42 Å². The van der Waals surface area contributed by atoms with E-state index in [4.69, 9.17) is 17.3 Å². The molecule has 0 unspecified atom stereocenters. The molecule has 8 heteroatoms. The van der Waals surface area contributed by atoms with Crippen LogP contribution in [-0.2, 0) is 16.6 Å². The van der Waals surface area contributed by atoms with E-state index < -0.39 is 10.0 Å². The summed E-state index contributed by atoms with van der Waals surface area (Å²) >= 11 is 10.7. The summed E-state index contributed by atoms with van der Waals surface area (Å²) in [7, 11) is -3.67. The first-order valence-corrected chi connectivity index (χ1v) is 9.13. The molecule has 20 heavy (non-hydrogen) atoms. The van der Waals surface area contributed by atoms with E-state index >= 15 is 0 Å². The molecule has 0 amide bonds. The van der Waals surface area contributed by atoms with Crippen LogP contribution in [0.3, 0.4) is 0 Å². The summed E-state index contributed by atoms with van der Waals surface area (Å²) in [5, 5.41) is 2.20. The lowest BCUT2D eigenvalue weighted by Crippen LogP contribution is -2.15. The molecule has 0 fully saturated rings. The van der Waals surface area contributed by atoms with E-state index in [1.54, 1.807) is 23.6 Å². The zero-order valence-corrected chi connectivity index (χ0v) is 14.5. The smallest absolute Gasteiger partial charge is 0.263 e. The van der Waals surface area contributed by atoms with Gasteiger partial charge in [-0.3, -0.25) is 4.72 Å². The Morgan fingerprint density at radius 1 is 1.45 bits per heavy atom. The van der Waals surface area contributed by atoms with Crippen LogP contribution < -0.4 is 10.5 Å². The van der Waals surface area contributed by atoms with Crippen LogP contribution in [0.25, 0.3) is 0 Å². The number of sulfonamides is 1. The number of aryl methyl sites for hydroxylation is 1. The molecule has 0 radical (unpaired) electrons. The second-order valence-electron chi connectivity index (χ2n) is 4.10. The van der Waals surface area contributed by atoms with E-state index in [1.807, 2.05) is 6.92 Å². The number of hydrogen-bond acceptors (Lipinski definition) is 4. The first-order valence-electron chi connectivity index (χ1n) is 5.60. The van der Waals surface area contributed by atoms with Crippen molar-refractivity contribution in [1.29, 1.82) is 0 Å². The van der Waals surface area contributed by atoms with E-state index in [-0.39, 0.29) is 11.4 Å². The third-order valence-electron chi connectivity index (χ3n) is 2.67. The first kappa shape index (κ1) is 15.8. The Bertz CT molecular complexity index is 744. The van der Waals surface area contributed by atoms with Gasteiger partial charge in [0.25, 0.3) is 10.0 Å². The minimum atomic E-state index is -3.67. The van der Waals surface area contributed by atoms with Crippen molar-refractivity contribution in [3.8, 4) is 0 Å². The highest BCUT2D eigenvalue weighted by Gasteiger charge is 2.20. The highest BCUT2D eigenvalue weighted by molar-refractivity contribution is 9.10. The average Bonchev–Trinajstić information content (AvgIpc) is 2.84. The number of rotatable bonds is 4. The fourth-order valence-electron chi connectivity index (χ4n) is 1.64. The van der Waals surface area contributed by atoms with Crippen LogP contribution in [0.1, 0.15) is 10.4 Å². The molecule has 0 aliphatic rings. The van der Waals surface area contributed by atoms with Crippen molar-refractivity contribution in [2.75, 3.05) is 4.72 Å². The maximum atomic E-state index is 12.4. The number of anilines is 1. The van der Waals surface area contributed by atoms with Crippen molar-refractivity contribution in [2.45, 2.75) is 18.4 Å². The van der Waals surface area contributed by atoms with Gasteiger partial charge in [-0.2, -0.15) is 0 Å². The van der Waals surface area contributed by atoms with E-state index in [1.165, 1.54) is 11.3 Å². The van der Waals surface area contributed by atoms with Gasteiger partial charge in [0.15, 0.2) is 0 Å². The Labute approximate surface area is 135 Å². The summed E-state index contributed by atoms with van der Waals surface area (Å²) in [6.07, 6.45) is 0. The first-order chi connectivity index (χ1) is 9.35. The molecule has 1 aromatic carbocycles. The number of benzene rings is 1. The molecule has 4 nitrogen and oxygen atoms in total. The average molecular weight is 396 g/mol. The summed E-state index contributed by atoms with van der Waals surface area (Å²) in [5.74, 6) is 0.